The van der Waals surface area contributed by atoms with Crippen LogP contribution in [0.2, 0.25) is 0 Å². The van der Waals surface area contributed by atoms with Crippen LogP contribution in [0, 0.1) is 5.92 Å². The average molecular weight is 428 g/mol. The van der Waals surface area contributed by atoms with Gasteiger partial charge in [-0.15, -0.1) is 6.58 Å². The third kappa shape index (κ3) is 4.54. The van der Waals surface area contributed by atoms with Gasteiger partial charge in [0.25, 0.3) is 15.9 Å². The molecule has 0 spiro atoms. The average Bonchev–Trinajstić information content (AvgIpc) is 2.77. The van der Waals surface area contributed by atoms with Gasteiger partial charge in [0.1, 0.15) is 0 Å². The molecule has 1 heterocycles. The summed E-state index contributed by atoms with van der Waals surface area (Å²) in [6.45, 7) is 4.70. The van der Waals surface area contributed by atoms with Gasteiger partial charge in [-0.3, -0.25) is 13.9 Å². The van der Waals surface area contributed by atoms with Gasteiger partial charge >= 0.3 is 0 Å². The number of nitrogens with zero attached hydrogens (tertiary/aromatic N) is 2. The molecule has 0 aromatic heterocycles. The number of sulfonamides is 1. The van der Waals surface area contributed by atoms with Crippen LogP contribution in [0.4, 0.5) is 5.69 Å². The summed E-state index contributed by atoms with van der Waals surface area (Å²) in [4.78, 5) is 25.9. The summed E-state index contributed by atoms with van der Waals surface area (Å²) in [5.74, 6) is -0.661. The van der Waals surface area contributed by atoms with E-state index in [2.05, 4.69) is 6.58 Å². The first-order chi connectivity index (χ1) is 14.3. The van der Waals surface area contributed by atoms with E-state index in [0.717, 1.165) is 0 Å². The summed E-state index contributed by atoms with van der Waals surface area (Å²) in [5, 5.41) is 0. The third-order valence-electron chi connectivity index (χ3n) is 5.21. The lowest BCUT2D eigenvalue weighted by molar-refractivity contribution is -0.123. The Kier molecular flexibility index (Phi) is 6.56. The smallest absolute Gasteiger partial charge is 0.264 e. The van der Waals surface area contributed by atoms with Crippen molar-refractivity contribution < 1.29 is 18.0 Å². The molecule has 2 N–H and O–H groups in total. The first kappa shape index (κ1) is 21.6. The van der Waals surface area contributed by atoms with Gasteiger partial charge in [-0.05, 0) is 49.2 Å². The first-order valence-corrected chi connectivity index (χ1v) is 11.2. The van der Waals surface area contributed by atoms with E-state index in [1.165, 1.54) is 10.4 Å². The number of carbonyl (C=O) groups is 2. The summed E-state index contributed by atoms with van der Waals surface area (Å²) >= 11 is 0. The summed E-state index contributed by atoms with van der Waals surface area (Å²) in [6, 6.07) is 14.6. The minimum Gasteiger partial charge on any atom is -0.369 e. The van der Waals surface area contributed by atoms with Crippen molar-refractivity contribution in [3.8, 4) is 0 Å². The van der Waals surface area contributed by atoms with Crippen LogP contribution in [0.1, 0.15) is 23.2 Å². The van der Waals surface area contributed by atoms with Gasteiger partial charge in [-0.25, -0.2) is 8.42 Å². The van der Waals surface area contributed by atoms with E-state index in [9.17, 15) is 18.0 Å². The number of carbonyl (C=O) groups excluding carboxylic acids is 2. The van der Waals surface area contributed by atoms with E-state index >= 15 is 0 Å². The van der Waals surface area contributed by atoms with Crippen LogP contribution in [0.25, 0.3) is 0 Å². The minimum absolute atomic E-state index is 0.102. The van der Waals surface area contributed by atoms with Gasteiger partial charge in [0.2, 0.25) is 5.91 Å². The molecule has 1 fully saturated rings. The Labute approximate surface area is 176 Å². The lowest BCUT2D eigenvalue weighted by Gasteiger charge is -2.30. The number of rotatable bonds is 7. The minimum atomic E-state index is -3.76. The van der Waals surface area contributed by atoms with Gasteiger partial charge in [-0.1, -0.05) is 24.3 Å². The van der Waals surface area contributed by atoms with Gasteiger partial charge in [0, 0.05) is 24.6 Å². The third-order valence-corrected chi connectivity index (χ3v) is 7.02. The topological polar surface area (TPSA) is 101 Å². The zero-order valence-electron chi connectivity index (χ0n) is 16.6. The van der Waals surface area contributed by atoms with Crippen LogP contribution in [0.3, 0.4) is 0 Å². The molecule has 1 aliphatic heterocycles. The Balaban J connectivity index is 1.78. The van der Waals surface area contributed by atoms with Gasteiger partial charge in [0.15, 0.2) is 0 Å². The van der Waals surface area contributed by atoms with Crippen molar-refractivity contribution in [1.82, 2.24) is 4.90 Å². The highest BCUT2D eigenvalue weighted by Crippen LogP contribution is 2.25. The summed E-state index contributed by atoms with van der Waals surface area (Å²) < 4.78 is 27.3. The highest BCUT2D eigenvalue weighted by atomic mass is 32.2. The molecule has 2 aromatic carbocycles. The Morgan fingerprint density at radius 2 is 1.67 bits per heavy atom. The van der Waals surface area contributed by atoms with Crippen molar-refractivity contribution in [2.24, 2.45) is 11.7 Å². The normalized spacial score (nSPS) is 14.9. The Hall–Kier alpha value is -3.13. The molecule has 0 saturated carbocycles. The molecule has 3 rings (SSSR count). The molecule has 0 aliphatic carbocycles. The summed E-state index contributed by atoms with van der Waals surface area (Å²) in [6.07, 6.45) is 2.63. The fourth-order valence-corrected chi connectivity index (χ4v) is 4.96. The maximum Gasteiger partial charge on any atom is 0.264 e. The van der Waals surface area contributed by atoms with Crippen LogP contribution in [-0.2, 0) is 14.8 Å². The van der Waals surface area contributed by atoms with Crippen molar-refractivity contribution in [1.29, 1.82) is 0 Å². The van der Waals surface area contributed by atoms with Gasteiger partial charge < -0.3 is 10.6 Å². The quantitative estimate of drug-likeness (QED) is 0.686. The zero-order chi connectivity index (χ0) is 21.7. The number of nitrogens with two attached hydrogens (primary N) is 1. The number of hydrogen-bond donors (Lipinski definition) is 1. The second-order valence-corrected chi connectivity index (χ2v) is 9.02. The molecule has 0 unspecified atom stereocenters. The summed E-state index contributed by atoms with van der Waals surface area (Å²) in [7, 11) is -3.76. The predicted molar refractivity (Wildman–Crippen MR) is 115 cm³/mol. The van der Waals surface area contributed by atoms with Crippen molar-refractivity contribution in [2.75, 3.05) is 23.9 Å². The van der Waals surface area contributed by atoms with Gasteiger partial charge in [0.05, 0.1) is 17.1 Å². The van der Waals surface area contributed by atoms with Crippen LogP contribution in [0.5, 0.6) is 0 Å². The number of hydrogen-bond acceptors (Lipinski definition) is 4. The fourth-order valence-electron chi connectivity index (χ4n) is 3.50. The molecule has 2 aromatic rings. The molecule has 8 heteroatoms. The first-order valence-electron chi connectivity index (χ1n) is 9.72. The largest absolute Gasteiger partial charge is 0.369 e. The molecule has 1 aliphatic rings. The monoisotopic (exact) mass is 427 g/mol. The molecule has 0 radical (unpaired) electrons. The molecule has 1 saturated heterocycles. The molecular formula is C22H25N3O4S. The lowest BCUT2D eigenvalue weighted by atomic mass is 9.96. The number of likely N-dealkylation sites (tertiary alicyclic amines) is 1. The van der Waals surface area contributed by atoms with Crippen LogP contribution >= 0.6 is 0 Å². The van der Waals surface area contributed by atoms with E-state index in [-0.39, 0.29) is 29.2 Å². The number of anilines is 1. The van der Waals surface area contributed by atoms with E-state index in [4.69, 9.17) is 5.73 Å². The molecule has 158 valence electrons. The van der Waals surface area contributed by atoms with E-state index in [1.54, 1.807) is 59.5 Å². The van der Waals surface area contributed by atoms with Crippen molar-refractivity contribution in [2.45, 2.75) is 17.7 Å². The number of benzene rings is 2. The second kappa shape index (κ2) is 9.13. The summed E-state index contributed by atoms with van der Waals surface area (Å²) in [5.41, 5.74) is 6.26. The van der Waals surface area contributed by atoms with E-state index in [0.29, 0.717) is 37.2 Å². The van der Waals surface area contributed by atoms with Gasteiger partial charge in [-0.2, -0.15) is 0 Å². The second-order valence-electron chi connectivity index (χ2n) is 7.15. The Morgan fingerprint density at radius 1 is 1.07 bits per heavy atom. The van der Waals surface area contributed by atoms with Crippen LogP contribution < -0.4 is 10.0 Å². The molecular weight excluding hydrogens is 402 g/mol. The SMILES string of the molecule is C=CCN(c1ccc(C(=O)N2CCC(C(N)=O)CC2)cc1)S(=O)(=O)c1ccccc1. The maximum absolute atomic E-state index is 13.0. The predicted octanol–water partition coefficient (Wildman–Crippen LogP) is 2.41. The van der Waals surface area contributed by atoms with Crippen molar-refractivity contribution in [3.05, 3.63) is 72.8 Å². The Bertz CT molecular complexity index is 1010. The van der Waals surface area contributed by atoms with E-state index in [1.807, 2.05) is 0 Å². The van der Waals surface area contributed by atoms with Crippen LogP contribution in [0.15, 0.2) is 72.1 Å². The molecule has 0 bridgehead atoms. The highest BCUT2D eigenvalue weighted by Gasteiger charge is 2.27. The molecule has 0 atom stereocenters. The number of primary amides is 1. The Morgan fingerprint density at radius 3 is 2.20 bits per heavy atom. The van der Waals surface area contributed by atoms with Crippen molar-refractivity contribution in [3.63, 3.8) is 0 Å². The van der Waals surface area contributed by atoms with Crippen LogP contribution in [-0.4, -0.2) is 44.8 Å². The zero-order valence-corrected chi connectivity index (χ0v) is 17.4. The number of amides is 2. The van der Waals surface area contributed by atoms with Crippen molar-refractivity contribution >= 4 is 27.5 Å². The molecule has 2 amide bonds. The maximum atomic E-state index is 13.0. The number of piperidine rings is 1. The standard InChI is InChI=1S/C22H25N3O4S/c1-2-14-25(30(28,29)20-6-4-3-5-7-20)19-10-8-18(9-11-19)22(27)24-15-12-17(13-16-24)21(23)26/h2-11,17H,1,12-16H2,(H2,23,26). The lowest BCUT2D eigenvalue weighted by Crippen LogP contribution is -2.41. The molecule has 7 nitrogen and oxygen atoms in total. The van der Waals surface area contributed by atoms with E-state index < -0.39 is 10.0 Å². The highest BCUT2D eigenvalue weighted by molar-refractivity contribution is 7.92. The fraction of sp³-hybridized carbons (Fsp3) is 0.273. The molecule has 30 heavy (non-hydrogen) atoms.